The van der Waals surface area contributed by atoms with Gasteiger partial charge >= 0.3 is 11.9 Å². The van der Waals surface area contributed by atoms with Crippen LogP contribution in [0.5, 0.6) is 5.75 Å². The highest BCUT2D eigenvalue weighted by Gasteiger charge is 2.34. The first-order valence-corrected chi connectivity index (χ1v) is 8.61. The number of ether oxygens (including phenoxy) is 3. The monoisotopic (exact) mass is 334 g/mol. The van der Waals surface area contributed by atoms with Crippen molar-refractivity contribution in [3.8, 4) is 5.75 Å². The Morgan fingerprint density at radius 1 is 1.17 bits per heavy atom. The van der Waals surface area contributed by atoms with Gasteiger partial charge < -0.3 is 14.2 Å². The van der Waals surface area contributed by atoms with Crippen molar-refractivity contribution in [2.24, 2.45) is 5.92 Å². The molecule has 0 N–H and O–H groups in total. The maximum absolute atomic E-state index is 12.2. The Bertz CT molecular complexity index is 563. The Morgan fingerprint density at radius 3 is 2.42 bits per heavy atom. The molecule has 0 radical (unpaired) electrons. The summed E-state index contributed by atoms with van der Waals surface area (Å²) in [7, 11) is 1.67. The molecule has 5 nitrogen and oxygen atoms in total. The Hall–Kier alpha value is -2.04. The van der Waals surface area contributed by atoms with Crippen molar-refractivity contribution < 1.29 is 23.8 Å². The van der Waals surface area contributed by atoms with Gasteiger partial charge in [-0.15, -0.1) is 0 Å². The van der Waals surface area contributed by atoms with E-state index < -0.39 is 17.9 Å². The summed E-state index contributed by atoms with van der Waals surface area (Å²) in [5, 5.41) is 0. The van der Waals surface area contributed by atoms with Crippen LogP contribution in [-0.2, 0) is 25.5 Å². The van der Waals surface area contributed by atoms with Crippen LogP contribution in [0.1, 0.15) is 50.2 Å². The van der Waals surface area contributed by atoms with Gasteiger partial charge in [-0.25, -0.2) is 0 Å². The zero-order valence-corrected chi connectivity index (χ0v) is 14.7. The molecule has 0 aromatic heterocycles. The van der Waals surface area contributed by atoms with Gasteiger partial charge in [0.05, 0.1) is 20.3 Å². The lowest BCUT2D eigenvalue weighted by Crippen LogP contribution is -2.30. The molecule has 0 saturated heterocycles. The summed E-state index contributed by atoms with van der Waals surface area (Å²) in [5.41, 5.74) is 2.35. The highest BCUT2D eigenvalue weighted by atomic mass is 16.6. The van der Waals surface area contributed by atoms with E-state index in [0.717, 1.165) is 25.0 Å². The van der Waals surface area contributed by atoms with E-state index in [2.05, 4.69) is 6.07 Å². The van der Waals surface area contributed by atoms with E-state index in [9.17, 15) is 9.59 Å². The fourth-order valence-electron chi connectivity index (χ4n) is 3.41. The van der Waals surface area contributed by atoms with Gasteiger partial charge in [-0.2, -0.15) is 0 Å². The van der Waals surface area contributed by atoms with E-state index in [1.54, 1.807) is 21.0 Å². The van der Waals surface area contributed by atoms with Gasteiger partial charge in [0.1, 0.15) is 5.75 Å². The smallest absolute Gasteiger partial charge is 0.320 e. The van der Waals surface area contributed by atoms with E-state index in [0.29, 0.717) is 6.42 Å². The second kappa shape index (κ2) is 8.71. The molecule has 0 bridgehead atoms. The lowest BCUT2D eigenvalue weighted by atomic mass is 9.78. The first kappa shape index (κ1) is 18.3. The molecule has 1 atom stereocenters. The van der Waals surface area contributed by atoms with E-state index in [1.807, 2.05) is 12.1 Å². The molecule has 5 heteroatoms. The third-order valence-electron chi connectivity index (χ3n) is 4.47. The van der Waals surface area contributed by atoms with Crippen LogP contribution in [0.4, 0.5) is 0 Å². The van der Waals surface area contributed by atoms with Crippen molar-refractivity contribution in [3.63, 3.8) is 0 Å². The topological polar surface area (TPSA) is 61.8 Å². The second-order valence-electron chi connectivity index (χ2n) is 5.91. The largest absolute Gasteiger partial charge is 0.496 e. The summed E-state index contributed by atoms with van der Waals surface area (Å²) >= 11 is 0. The molecule has 1 aromatic rings. The molecule has 1 unspecified atom stereocenters. The number of esters is 2. The molecule has 0 saturated carbocycles. The van der Waals surface area contributed by atoms with Crippen molar-refractivity contribution in [2.75, 3.05) is 20.3 Å². The molecule has 0 spiro atoms. The number of hydrogen-bond donors (Lipinski definition) is 0. The number of carbonyl (C=O) groups is 2. The normalized spacial score (nSPS) is 16.4. The minimum Gasteiger partial charge on any atom is -0.496 e. The minimum absolute atomic E-state index is 0.127. The lowest BCUT2D eigenvalue weighted by Gasteiger charge is -2.28. The van der Waals surface area contributed by atoms with Gasteiger partial charge in [0, 0.05) is 0 Å². The number of benzene rings is 1. The quantitative estimate of drug-likeness (QED) is 0.566. The number of methoxy groups -OCH3 is 1. The maximum atomic E-state index is 12.2. The van der Waals surface area contributed by atoms with Gasteiger partial charge in [-0.3, -0.25) is 9.59 Å². The SMILES string of the molecule is CCOC(=O)C(CC1CCCc2c(OC)cccc21)C(=O)OCC. The summed E-state index contributed by atoms with van der Waals surface area (Å²) in [6, 6.07) is 5.98. The number of fused-ring (bicyclic) bond motifs is 1. The average molecular weight is 334 g/mol. The van der Waals surface area contributed by atoms with Crippen LogP contribution in [0.2, 0.25) is 0 Å². The molecule has 1 aliphatic rings. The van der Waals surface area contributed by atoms with Gasteiger partial charge in [-0.1, -0.05) is 12.1 Å². The van der Waals surface area contributed by atoms with Crippen molar-refractivity contribution in [1.29, 1.82) is 0 Å². The first-order chi connectivity index (χ1) is 11.6. The highest BCUT2D eigenvalue weighted by molar-refractivity contribution is 5.95. The van der Waals surface area contributed by atoms with Crippen LogP contribution in [-0.4, -0.2) is 32.3 Å². The Balaban J connectivity index is 2.24. The predicted molar refractivity (Wildman–Crippen MR) is 90.0 cm³/mol. The van der Waals surface area contributed by atoms with E-state index in [-0.39, 0.29) is 19.1 Å². The summed E-state index contributed by atoms with van der Waals surface area (Å²) in [6.45, 7) is 3.98. The Morgan fingerprint density at radius 2 is 1.83 bits per heavy atom. The average Bonchev–Trinajstić information content (AvgIpc) is 2.59. The number of carbonyl (C=O) groups excluding carboxylic acids is 2. The predicted octanol–water partition coefficient (Wildman–Crippen LogP) is 3.25. The number of rotatable bonds is 7. The van der Waals surface area contributed by atoms with Crippen LogP contribution >= 0.6 is 0 Å². The fourth-order valence-corrected chi connectivity index (χ4v) is 3.41. The van der Waals surface area contributed by atoms with Crippen LogP contribution in [0.25, 0.3) is 0 Å². The molecule has 132 valence electrons. The third-order valence-corrected chi connectivity index (χ3v) is 4.47. The van der Waals surface area contributed by atoms with Crippen molar-refractivity contribution in [1.82, 2.24) is 0 Å². The molecule has 24 heavy (non-hydrogen) atoms. The summed E-state index contributed by atoms with van der Waals surface area (Å²) in [6.07, 6.45) is 3.32. The summed E-state index contributed by atoms with van der Waals surface area (Å²) < 4.78 is 15.6. The Labute approximate surface area is 143 Å². The van der Waals surface area contributed by atoms with Crippen LogP contribution in [0.3, 0.4) is 0 Å². The molecule has 1 aliphatic carbocycles. The zero-order valence-electron chi connectivity index (χ0n) is 14.7. The second-order valence-corrected chi connectivity index (χ2v) is 5.91. The fraction of sp³-hybridized carbons (Fsp3) is 0.579. The van der Waals surface area contributed by atoms with Crippen LogP contribution < -0.4 is 4.74 Å². The van der Waals surface area contributed by atoms with E-state index in [4.69, 9.17) is 14.2 Å². The Kier molecular flexibility index (Phi) is 6.64. The minimum atomic E-state index is -0.868. The molecular formula is C19H26O5. The molecule has 0 fully saturated rings. The molecule has 0 heterocycles. The van der Waals surface area contributed by atoms with E-state index >= 15 is 0 Å². The standard InChI is InChI=1S/C19H26O5/c1-4-23-18(20)16(19(21)24-5-2)12-13-8-6-10-15-14(13)9-7-11-17(15)22-3/h7,9,11,13,16H,4-6,8,10,12H2,1-3H3. The lowest BCUT2D eigenvalue weighted by molar-refractivity contribution is -0.162. The summed E-state index contributed by atoms with van der Waals surface area (Å²) in [5.74, 6) is -0.854. The summed E-state index contributed by atoms with van der Waals surface area (Å²) in [4.78, 5) is 24.4. The highest BCUT2D eigenvalue weighted by Crippen LogP contribution is 2.40. The van der Waals surface area contributed by atoms with Crippen LogP contribution in [0, 0.1) is 5.92 Å². The van der Waals surface area contributed by atoms with Crippen molar-refractivity contribution in [2.45, 2.75) is 45.4 Å². The molecule has 0 aliphatic heterocycles. The van der Waals surface area contributed by atoms with Gasteiger partial charge in [0.15, 0.2) is 5.92 Å². The van der Waals surface area contributed by atoms with E-state index in [1.165, 1.54) is 11.1 Å². The van der Waals surface area contributed by atoms with Gasteiger partial charge in [0.25, 0.3) is 0 Å². The van der Waals surface area contributed by atoms with Gasteiger partial charge in [0.2, 0.25) is 0 Å². The zero-order chi connectivity index (χ0) is 17.5. The molecule has 0 amide bonds. The first-order valence-electron chi connectivity index (χ1n) is 8.61. The van der Waals surface area contributed by atoms with Gasteiger partial charge in [-0.05, 0) is 62.6 Å². The van der Waals surface area contributed by atoms with Crippen LogP contribution in [0.15, 0.2) is 18.2 Å². The molecular weight excluding hydrogens is 308 g/mol. The van der Waals surface area contributed by atoms with Crippen molar-refractivity contribution in [3.05, 3.63) is 29.3 Å². The number of hydrogen-bond acceptors (Lipinski definition) is 5. The molecule has 2 rings (SSSR count). The maximum Gasteiger partial charge on any atom is 0.320 e. The third kappa shape index (κ3) is 4.08. The molecule has 1 aromatic carbocycles. The van der Waals surface area contributed by atoms with Crippen molar-refractivity contribution >= 4 is 11.9 Å².